The first-order chi connectivity index (χ1) is 12.2. The Morgan fingerprint density at radius 1 is 1.35 bits per heavy atom. The molecule has 5 nitrogen and oxygen atoms in total. The smallest absolute Gasteiger partial charge is 0.409 e. The van der Waals surface area contributed by atoms with Gasteiger partial charge in [-0.3, -0.25) is 4.79 Å². The van der Waals surface area contributed by atoms with Crippen molar-refractivity contribution in [3.05, 3.63) is 23.3 Å². The van der Waals surface area contributed by atoms with E-state index >= 15 is 0 Å². The highest BCUT2D eigenvalue weighted by atomic mass is 16.6. The number of aliphatic hydroxyl groups is 2. The molecule has 1 radical (unpaired) electrons. The number of allylic oxidation sites excluding steroid dienone is 1. The van der Waals surface area contributed by atoms with Gasteiger partial charge in [0.2, 0.25) is 0 Å². The van der Waals surface area contributed by atoms with Crippen molar-refractivity contribution in [3.63, 3.8) is 0 Å². The predicted octanol–water partition coefficient (Wildman–Crippen LogP) is 1.41. The molecule has 1 spiro atoms. The van der Waals surface area contributed by atoms with E-state index in [4.69, 9.17) is 9.31 Å². The predicted molar refractivity (Wildman–Crippen MR) is 94.8 cm³/mol. The second-order valence-corrected chi connectivity index (χ2v) is 9.63. The van der Waals surface area contributed by atoms with Crippen LogP contribution in [0.2, 0.25) is 0 Å². The minimum absolute atomic E-state index is 0.0342. The molecule has 2 saturated carbocycles. The summed E-state index contributed by atoms with van der Waals surface area (Å²) in [5.41, 5.74) is -1.29. The van der Waals surface area contributed by atoms with Gasteiger partial charge in [-0.2, -0.15) is 0 Å². The van der Waals surface area contributed by atoms with Crippen LogP contribution >= 0.6 is 0 Å². The summed E-state index contributed by atoms with van der Waals surface area (Å²) in [6, 6.07) is 0. The third-order valence-electron chi connectivity index (χ3n) is 8.23. The van der Waals surface area contributed by atoms with E-state index in [1.165, 1.54) is 7.69 Å². The summed E-state index contributed by atoms with van der Waals surface area (Å²) in [6.45, 7) is 8.60. The number of hydrogen-bond acceptors (Lipinski definition) is 5. The molecule has 8 atom stereocenters. The Balaban J connectivity index is 1.78. The summed E-state index contributed by atoms with van der Waals surface area (Å²) >= 11 is 0. The van der Waals surface area contributed by atoms with Crippen molar-refractivity contribution in [2.24, 2.45) is 34.5 Å². The molecule has 0 aromatic carbocycles. The lowest BCUT2D eigenvalue weighted by atomic mass is 9.59. The van der Waals surface area contributed by atoms with Crippen molar-refractivity contribution in [1.82, 2.24) is 0 Å². The molecule has 5 rings (SSSR count). The molecule has 1 saturated heterocycles. The lowest BCUT2D eigenvalue weighted by Gasteiger charge is -2.50. The monoisotopic (exact) mass is 357 g/mol. The van der Waals surface area contributed by atoms with E-state index in [2.05, 4.69) is 13.8 Å². The van der Waals surface area contributed by atoms with Crippen LogP contribution in [0.25, 0.3) is 0 Å². The highest BCUT2D eigenvalue weighted by Crippen LogP contribution is 2.71. The molecule has 3 fully saturated rings. The summed E-state index contributed by atoms with van der Waals surface area (Å²) in [5.74, 6) is 0.403. The Hall–Kier alpha value is -0.945. The molecule has 2 bridgehead atoms. The molecule has 0 aromatic rings. The lowest BCUT2D eigenvalue weighted by Crippen LogP contribution is -2.66. The van der Waals surface area contributed by atoms with Gasteiger partial charge in [-0.15, -0.1) is 0 Å². The molecular weight excluding hydrogens is 331 g/mol. The minimum Gasteiger partial charge on any atom is -0.409 e. The number of carbonyl (C=O) groups is 1. The van der Waals surface area contributed by atoms with Crippen molar-refractivity contribution in [2.45, 2.75) is 51.9 Å². The zero-order valence-corrected chi connectivity index (χ0v) is 15.7. The first kappa shape index (κ1) is 17.2. The number of fused-ring (bicyclic) bond motifs is 5. The van der Waals surface area contributed by atoms with E-state index in [9.17, 15) is 15.0 Å². The number of rotatable bonds is 0. The minimum atomic E-state index is -1.70. The normalized spacial score (nSPS) is 53.8. The second-order valence-electron chi connectivity index (χ2n) is 9.63. The van der Waals surface area contributed by atoms with Gasteiger partial charge in [0, 0.05) is 5.92 Å². The Bertz CT molecular complexity index is 757. The Morgan fingerprint density at radius 3 is 2.81 bits per heavy atom. The quantitative estimate of drug-likeness (QED) is 0.507. The van der Waals surface area contributed by atoms with Crippen molar-refractivity contribution >= 4 is 13.5 Å². The highest BCUT2D eigenvalue weighted by molar-refractivity contribution is 6.18. The van der Waals surface area contributed by atoms with Gasteiger partial charge in [-0.25, -0.2) is 0 Å². The average Bonchev–Trinajstić information content (AvgIpc) is 3.10. The van der Waals surface area contributed by atoms with Crippen LogP contribution in [-0.2, 0) is 14.1 Å². The number of hydrogen-bond donors (Lipinski definition) is 2. The largest absolute Gasteiger partial charge is 0.488 e. The van der Waals surface area contributed by atoms with Crippen LogP contribution in [-0.4, -0.2) is 48.1 Å². The molecule has 1 heterocycles. The van der Waals surface area contributed by atoms with Crippen LogP contribution in [0.3, 0.4) is 0 Å². The average molecular weight is 357 g/mol. The van der Waals surface area contributed by atoms with Crippen LogP contribution in [0.5, 0.6) is 0 Å². The molecule has 4 aliphatic carbocycles. The fourth-order valence-electron chi connectivity index (χ4n) is 6.81. The van der Waals surface area contributed by atoms with E-state index in [-0.39, 0.29) is 35.6 Å². The zero-order chi connectivity index (χ0) is 18.6. The van der Waals surface area contributed by atoms with Gasteiger partial charge in [0.15, 0.2) is 5.78 Å². The number of Topliss-reactive ketones (excluding diaryl/α,β-unsaturated/α-hetero) is 1. The molecule has 6 heteroatoms. The summed E-state index contributed by atoms with van der Waals surface area (Å²) < 4.78 is 11.1. The molecular formula is C20H26BO5. The topological polar surface area (TPSA) is 76.0 Å². The van der Waals surface area contributed by atoms with E-state index in [0.29, 0.717) is 11.5 Å². The number of carbonyl (C=O) groups excluding carboxylic acids is 1. The highest BCUT2D eigenvalue weighted by Gasteiger charge is 2.76. The Labute approximate surface area is 154 Å². The molecule has 139 valence electrons. The fourth-order valence-corrected chi connectivity index (χ4v) is 6.81. The Morgan fingerprint density at radius 2 is 2.08 bits per heavy atom. The van der Waals surface area contributed by atoms with Gasteiger partial charge in [-0.1, -0.05) is 32.9 Å². The molecule has 0 amide bonds. The van der Waals surface area contributed by atoms with Crippen LogP contribution in [0.15, 0.2) is 23.3 Å². The van der Waals surface area contributed by atoms with Gasteiger partial charge < -0.3 is 19.5 Å². The fraction of sp³-hybridized carbons (Fsp3) is 0.750. The van der Waals surface area contributed by atoms with Gasteiger partial charge in [0.25, 0.3) is 0 Å². The zero-order valence-electron chi connectivity index (χ0n) is 15.7. The maximum Gasteiger partial charge on any atom is 0.488 e. The maximum atomic E-state index is 14.0. The van der Waals surface area contributed by atoms with E-state index in [0.717, 1.165) is 12.0 Å². The van der Waals surface area contributed by atoms with Crippen LogP contribution in [0.4, 0.5) is 0 Å². The van der Waals surface area contributed by atoms with Crippen molar-refractivity contribution in [1.29, 1.82) is 0 Å². The molecule has 26 heavy (non-hydrogen) atoms. The Kier molecular flexibility index (Phi) is 3.24. The molecule has 1 aliphatic heterocycles. The first-order valence-corrected chi connectivity index (χ1v) is 9.60. The maximum absolute atomic E-state index is 14.0. The number of ketones is 1. The lowest BCUT2D eigenvalue weighted by molar-refractivity contribution is -0.189. The van der Waals surface area contributed by atoms with Crippen LogP contribution < -0.4 is 0 Å². The van der Waals surface area contributed by atoms with E-state index in [1.807, 2.05) is 19.1 Å². The summed E-state index contributed by atoms with van der Waals surface area (Å²) in [6.07, 6.45) is 2.81. The van der Waals surface area contributed by atoms with Gasteiger partial charge >= 0.3 is 7.69 Å². The van der Waals surface area contributed by atoms with Crippen molar-refractivity contribution in [2.75, 3.05) is 6.61 Å². The number of aliphatic hydroxyl groups excluding tert-OH is 1. The standard InChI is InChI=1S/C20H26BO5/c1-9-7-19-10(2)5-13-14(18(13,3)4)12(16(19)23)6-11-8-25-21-26-17(11)20(19,24)15(9)22/h6-7,10,12-15,17,22,24H,5,8H2,1-4H3/t10?,12?,13?,14?,15?,17?,19-,20?/m0/s1. The van der Waals surface area contributed by atoms with Gasteiger partial charge in [0.05, 0.1) is 18.1 Å². The SMILES string of the molecule is CC1=C[C@]23C(=O)C(C=C4CO[B]OC4C2(O)C1O)C1C(CC3C)C1(C)C. The summed E-state index contributed by atoms with van der Waals surface area (Å²) in [4.78, 5) is 14.0. The third-order valence-corrected chi connectivity index (χ3v) is 8.23. The third kappa shape index (κ3) is 1.67. The van der Waals surface area contributed by atoms with E-state index in [1.54, 1.807) is 6.92 Å². The first-order valence-electron chi connectivity index (χ1n) is 9.60. The second kappa shape index (κ2) is 4.91. The van der Waals surface area contributed by atoms with Crippen LogP contribution in [0, 0.1) is 34.5 Å². The van der Waals surface area contributed by atoms with Crippen molar-refractivity contribution < 1.29 is 24.3 Å². The van der Waals surface area contributed by atoms with Gasteiger partial charge in [-0.05, 0) is 47.7 Å². The van der Waals surface area contributed by atoms with Crippen LogP contribution in [0.1, 0.15) is 34.1 Å². The molecule has 0 aromatic heterocycles. The molecule has 2 N–H and O–H groups in total. The molecule has 5 aliphatic rings. The molecule has 7 unspecified atom stereocenters. The van der Waals surface area contributed by atoms with Crippen molar-refractivity contribution in [3.8, 4) is 0 Å². The summed E-state index contributed by atoms with van der Waals surface area (Å²) in [5, 5.41) is 23.0. The van der Waals surface area contributed by atoms with E-state index < -0.39 is 23.2 Å². The summed E-state index contributed by atoms with van der Waals surface area (Å²) in [7, 11) is 1.23. The van der Waals surface area contributed by atoms with Gasteiger partial charge in [0.1, 0.15) is 11.7 Å².